The summed E-state index contributed by atoms with van der Waals surface area (Å²) < 4.78 is 4.05. The first kappa shape index (κ1) is 19.2. The van der Waals surface area contributed by atoms with Gasteiger partial charge in [0.15, 0.2) is 10.9 Å². The fourth-order valence-electron chi connectivity index (χ4n) is 3.50. The first-order valence-electron chi connectivity index (χ1n) is 9.39. The standard InChI is InChI=1S/C23H22N4OS/c1-16-13-19(17(2)27(16)22-11-7-8-12-24-22)21(28)15-29-23-25-14-20(26(23)3)18-9-5-4-6-10-18/h4-14H,15H2,1-3H3. The van der Waals surface area contributed by atoms with E-state index in [4.69, 9.17) is 0 Å². The van der Waals surface area contributed by atoms with Crippen molar-refractivity contribution in [3.8, 4) is 17.1 Å². The van der Waals surface area contributed by atoms with Crippen LogP contribution in [0.25, 0.3) is 17.1 Å². The summed E-state index contributed by atoms with van der Waals surface area (Å²) in [6.45, 7) is 3.96. The van der Waals surface area contributed by atoms with E-state index in [1.54, 1.807) is 6.20 Å². The second kappa shape index (κ2) is 8.09. The topological polar surface area (TPSA) is 52.7 Å². The molecule has 29 heavy (non-hydrogen) atoms. The molecule has 0 spiro atoms. The van der Waals surface area contributed by atoms with Crippen molar-refractivity contribution in [2.24, 2.45) is 7.05 Å². The number of ketones is 1. The van der Waals surface area contributed by atoms with Crippen LogP contribution in [0.1, 0.15) is 21.7 Å². The zero-order valence-electron chi connectivity index (χ0n) is 16.7. The maximum absolute atomic E-state index is 12.9. The van der Waals surface area contributed by atoms with E-state index in [2.05, 4.69) is 22.1 Å². The van der Waals surface area contributed by atoms with Crippen LogP contribution in [0.2, 0.25) is 0 Å². The van der Waals surface area contributed by atoms with E-state index in [1.165, 1.54) is 11.8 Å². The van der Waals surface area contributed by atoms with E-state index in [0.717, 1.165) is 39.2 Å². The van der Waals surface area contributed by atoms with Gasteiger partial charge >= 0.3 is 0 Å². The molecule has 0 aliphatic heterocycles. The van der Waals surface area contributed by atoms with Crippen molar-refractivity contribution in [1.82, 2.24) is 19.1 Å². The van der Waals surface area contributed by atoms with Gasteiger partial charge in [-0.15, -0.1) is 0 Å². The number of benzene rings is 1. The summed E-state index contributed by atoms with van der Waals surface area (Å²) in [5.41, 5.74) is 4.79. The lowest BCUT2D eigenvalue weighted by molar-refractivity contribution is 0.102. The summed E-state index contributed by atoms with van der Waals surface area (Å²) in [7, 11) is 1.98. The minimum absolute atomic E-state index is 0.0922. The Kier molecular flexibility index (Phi) is 5.36. The maximum Gasteiger partial charge on any atom is 0.175 e. The highest BCUT2D eigenvalue weighted by Crippen LogP contribution is 2.26. The van der Waals surface area contributed by atoms with Crippen molar-refractivity contribution in [3.63, 3.8) is 0 Å². The van der Waals surface area contributed by atoms with Crippen LogP contribution < -0.4 is 0 Å². The smallest absolute Gasteiger partial charge is 0.175 e. The lowest BCUT2D eigenvalue weighted by Crippen LogP contribution is -2.07. The van der Waals surface area contributed by atoms with Gasteiger partial charge in [0.25, 0.3) is 0 Å². The van der Waals surface area contributed by atoms with Gasteiger partial charge in [-0.2, -0.15) is 0 Å². The number of hydrogen-bond donors (Lipinski definition) is 0. The van der Waals surface area contributed by atoms with Crippen molar-refractivity contribution in [1.29, 1.82) is 0 Å². The number of rotatable bonds is 6. The summed E-state index contributed by atoms with van der Waals surface area (Å²) >= 11 is 1.46. The largest absolute Gasteiger partial charge is 0.322 e. The van der Waals surface area contributed by atoms with Crippen molar-refractivity contribution in [2.45, 2.75) is 19.0 Å². The predicted octanol–water partition coefficient (Wildman–Crippen LogP) is 4.86. The number of aryl methyl sites for hydroxylation is 1. The van der Waals surface area contributed by atoms with Crippen LogP contribution >= 0.6 is 11.8 Å². The Morgan fingerprint density at radius 3 is 2.52 bits per heavy atom. The molecule has 146 valence electrons. The van der Waals surface area contributed by atoms with Gasteiger partial charge in [-0.05, 0) is 37.6 Å². The Morgan fingerprint density at radius 2 is 1.79 bits per heavy atom. The predicted molar refractivity (Wildman–Crippen MR) is 117 cm³/mol. The highest BCUT2D eigenvalue weighted by Gasteiger charge is 2.18. The summed E-state index contributed by atoms with van der Waals surface area (Å²) in [5, 5.41) is 0.829. The van der Waals surface area contributed by atoms with Crippen LogP contribution in [0, 0.1) is 13.8 Å². The van der Waals surface area contributed by atoms with Crippen LogP contribution in [-0.2, 0) is 7.05 Å². The molecule has 0 saturated heterocycles. The van der Waals surface area contributed by atoms with E-state index in [9.17, 15) is 4.79 Å². The first-order valence-corrected chi connectivity index (χ1v) is 10.4. The van der Waals surface area contributed by atoms with Gasteiger partial charge in [-0.3, -0.25) is 4.79 Å². The number of aromatic nitrogens is 4. The van der Waals surface area contributed by atoms with Gasteiger partial charge in [-0.1, -0.05) is 48.2 Å². The maximum atomic E-state index is 12.9. The average Bonchev–Trinajstić information content (AvgIpc) is 3.26. The molecular weight excluding hydrogens is 380 g/mol. The Hall–Kier alpha value is -3.12. The molecule has 3 heterocycles. The van der Waals surface area contributed by atoms with Crippen molar-refractivity contribution in [2.75, 3.05) is 5.75 Å². The van der Waals surface area contributed by atoms with Crippen LogP contribution in [0.15, 0.2) is 72.1 Å². The highest BCUT2D eigenvalue weighted by molar-refractivity contribution is 7.99. The number of carbonyl (C=O) groups excluding carboxylic acids is 1. The third-order valence-corrected chi connectivity index (χ3v) is 6.00. The number of pyridine rings is 1. The van der Waals surface area contributed by atoms with Gasteiger partial charge in [-0.25, -0.2) is 9.97 Å². The number of thioether (sulfide) groups is 1. The molecule has 0 aliphatic rings. The van der Waals surface area contributed by atoms with Crippen molar-refractivity contribution >= 4 is 17.5 Å². The fraction of sp³-hybridized carbons (Fsp3) is 0.174. The molecule has 0 unspecified atom stereocenters. The minimum Gasteiger partial charge on any atom is -0.322 e. The molecule has 0 radical (unpaired) electrons. The normalized spacial score (nSPS) is 11.0. The Bertz CT molecular complexity index is 1150. The zero-order chi connectivity index (χ0) is 20.4. The Morgan fingerprint density at radius 1 is 1.03 bits per heavy atom. The zero-order valence-corrected chi connectivity index (χ0v) is 17.5. The average molecular weight is 403 g/mol. The molecule has 3 aromatic heterocycles. The minimum atomic E-state index is 0.0922. The number of Topliss-reactive ketones (excluding diaryl/α,β-unsaturated/α-hetero) is 1. The molecule has 0 bridgehead atoms. The van der Waals surface area contributed by atoms with Crippen molar-refractivity contribution < 1.29 is 4.79 Å². The van der Waals surface area contributed by atoms with Crippen LogP contribution in [0.3, 0.4) is 0 Å². The fourth-order valence-corrected chi connectivity index (χ4v) is 4.33. The third-order valence-electron chi connectivity index (χ3n) is 4.96. The quantitative estimate of drug-likeness (QED) is 0.341. The number of nitrogens with zero attached hydrogens (tertiary/aromatic N) is 4. The number of hydrogen-bond acceptors (Lipinski definition) is 4. The molecule has 4 aromatic rings. The molecule has 6 heteroatoms. The van der Waals surface area contributed by atoms with Gasteiger partial charge in [0, 0.05) is 30.2 Å². The van der Waals surface area contributed by atoms with Gasteiger partial charge < -0.3 is 9.13 Å². The molecule has 0 saturated carbocycles. The molecule has 5 nitrogen and oxygen atoms in total. The van der Waals surface area contributed by atoms with Crippen molar-refractivity contribution in [3.05, 3.63) is 83.9 Å². The second-order valence-electron chi connectivity index (χ2n) is 6.87. The number of imidazole rings is 1. The van der Waals surface area contributed by atoms with E-state index < -0.39 is 0 Å². The van der Waals surface area contributed by atoms with E-state index >= 15 is 0 Å². The van der Waals surface area contributed by atoms with E-state index in [0.29, 0.717) is 5.75 Å². The van der Waals surface area contributed by atoms with Gasteiger partial charge in [0.1, 0.15) is 5.82 Å². The van der Waals surface area contributed by atoms with Crippen LogP contribution in [0.5, 0.6) is 0 Å². The van der Waals surface area contributed by atoms with Crippen LogP contribution in [-0.4, -0.2) is 30.6 Å². The lowest BCUT2D eigenvalue weighted by atomic mass is 10.2. The van der Waals surface area contributed by atoms with E-state index in [1.807, 2.05) is 78.7 Å². The number of carbonyl (C=O) groups is 1. The van der Waals surface area contributed by atoms with E-state index in [-0.39, 0.29) is 5.78 Å². The lowest BCUT2D eigenvalue weighted by Gasteiger charge is -2.08. The summed E-state index contributed by atoms with van der Waals surface area (Å²) in [6.07, 6.45) is 3.62. The monoisotopic (exact) mass is 402 g/mol. The first-order chi connectivity index (χ1) is 14.1. The molecule has 0 N–H and O–H groups in total. The summed E-state index contributed by atoms with van der Waals surface area (Å²) in [4.78, 5) is 21.9. The summed E-state index contributed by atoms with van der Waals surface area (Å²) in [6, 6.07) is 17.9. The molecule has 0 atom stereocenters. The SMILES string of the molecule is Cc1cc(C(=O)CSc2ncc(-c3ccccc3)n2C)c(C)n1-c1ccccn1. The Balaban J connectivity index is 1.52. The molecular formula is C23H22N4OS. The molecule has 0 fully saturated rings. The van der Waals surface area contributed by atoms with Crippen LogP contribution in [0.4, 0.5) is 0 Å². The molecule has 1 aromatic carbocycles. The van der Waals surface area contributed by atoms with Gasteiger partial charge in [0.05, 0.1) is 17.6 Å². The Labute approximate surface area is 174 Å². The van der Waals surface area contributed by atoms with Gasteiger partial charge in [0.2, 0.25) is 0 Å². The summed E-state index contributed by atoms with van der Waals surface area (Å²) in [5.74, 6) is 1.26. The second-order valence-corrected chi connectivity index (χ2v) is 7.81. The molecule has 0 amide bonds. The molecule has 4 rings (SSSR count). The highest BCUT2D eigenvalue weighted by atomic mass is 32.2. The molecule has 0 aliphatic carbocycles. The third kappa shape index (κ3) is 3.76.